The van der Waals surface area contributed by atoms with Gasteiger partial charge >= 0.3 is 0 Å². The maximum absolute atomic E-state index is 13.4. The quantitative estimate of drug-likeness (QED) is 0.799. The number of halogens is 1. The molecule has 0 unspecified atom stereocenters. The molecule has 1 heterocycles. The summed E-state index contributed by atoms with van der Waals surface area (Å²) in [6.07, 6.45) is 0.726. The minimum absolute atomic E-state index is 0.111. The lowest BCUT2D eigenvalue weighted by Crippen LogP contribution is -2.16. The van der Waals surface area contributed by atoms with Crippen molar-refractivity contribution in [2.75, 3.05) is 6.54 Å². The molecule has 0 spiro atoms. The molecule has 0 aliphatic carbocycles. The summed E-state index contributed by atoms with van der Waals surface area (Å²) >= 11 is 1.85. The largest absolute Gasteiger partial charge is 0.312 e. The van der Waals surface area contributed by atoms with Gasteiger partial charge in [0, 0.05) is 16.3 Å². The predicted molar refractivity (Wildman–Crippen MR) is 84.8 cm³/mol. The molecule has 0 aliphatic heterocycles. The Morgan fingerprint density at radius 2 is 1.85 bits per heavy atom. The molecule has 108 valence electrons. The van der Waals surface area contributed by atoms with Crippen LogP contribution in [0.4, 0.5) is 4.39 Å². The lowest BCUT2D eigenvalue weighted by atomic mass is 9.95. The summed E-state index contributed by atoms with van der Waals surface area (Å²) in [6.45, 7) is 8.34. The van der Waals surface area contributed by atoms with Gasteiger partial charge in [0.2, 0.25) is 0 Å². The van der Waals surface area contributed by atoms with Gasteiger partial charge in [0.15, 0.2) is 0 Å². The number of benzene rings is 1. The summed E-state index contributed by atoms with van der Waals surface area (Å²) in [5.41, 5.74) is 0.998. The molecule has 3 heteroatoms. The van der Waals surface area contributed by atoms with E-state index in [0.29, 0.717) is 0 Å². The highest BCUT2D eigenvalue weighted by Crippen LogP contribution is 2.29. The van der Waals surface area contributed by atoms with Crippen molar-refractivity contribution in [1.29, 1.82) is 0 Å². The fraction of sp³-hybridized carbons (Fsp3) is 0.412. The lowest BCUT2D eigenvalue weighted by molar-refractivity contribution is 0.598. The van der Waals surface area contributed by atoms with Gasteiger partial charge in [-0.05, 0) is 42.1 Å². The fourth-order valence-electron chi connectivity index (χ4n) is 2.01. The number of nitrogens with one attached hydrogen (secondary N) is 1. The standard InChI is InChI=1S/C17H22FNS/c1-17(2,3)16-9-8-14(20-16)12-19-11-10-13-6-4-5-7-15(13)18/h4-9,19H,10-12H2,1-3H3. The molecule has 0 bridgehead atoms. The average Bonchev–Trinajstić information content (AvgIpc) is 2.85. The van der Waals surface area contributed by atoms with Gasteiger partial charge in [-0.25, -0.2) is 4.39 Å². The van der Waals surface area contributed by atoms with Crippen LogP contribution in [-0.4, -0.2) is 6.54 Å². The van der Waals surface area contributed by atoms with Crippen molar-refractivity contribution in [2.24, 2.45) is 0 Å². The van der Waals surface area contributed by atoms with Crippen LogP contribution in [0.25, 0.3) is 0 Å². The summed E-state index contributed by atoms with van der Waals surface area (Å²) in [6, 6.07) is 11.4. The van der Waals surface area contributed by atoms with E-state index in [0.717, 1.165) is 25.1 Å². The van der Waals surface area contributed by atoms with Crippen LogP contribution in [0, 0.1) is 5.82 Å². The van der Waals surface area contributed by atoms with Crippen LogP contribution < -0.4 is 5.32 Å². The zero-order chi connectivity index (χ0) is 14.6. The Hall–Kier alpha value is -1.19. The van der Waals surface area contributed by atoms with E-state index in [2.05, 4.69) is 38.2 Å². The summed E-state index contributed by atoms with van der Waals surface area (Å²) < 4.78 is 13.4. The van der Waals surface area contributed by atoms with E-state index < -0.39 is 0 Å². The van der Waals surface area contributed by atoms with Gasteiger partial charge in [-0.15, -0.1) is 11.3 Å². The first-order chi connectivity index (χ1) is 9.47. The zero-order valence-corrected chi connectivity index (χ0v) is 13.2. The molecule has 1 aromatic carbocycles. The van der Waals surface area contributed by atoms with E-state index in [1.54, 1.807) is 6.07 Å². The van der Waals surface area contributed by atoms with Crippen molar-refractivity contribution >= 4 is 11.3 Å². The van der Waals surface area contributed by atoms with Gasteiger partial charge in [0.1, 0.15) is 5.82 Å². The Kier molecular flexibility index (Phi) is 4.95. The third-order valence-electron chi connectivity index (χ3n) is 3.23. The van der Waals surface area contributed by atoms with Crippen molar-refractivity contribution < 1.29 is 4.39 Å². The topological polar surface area (TPSA) is 12.0 Å². The molecule has 0 aliphatic rings. The van der Waals surface area contributed by atoms with Gasteiger partial charge in [0.05, 0.1) is 0 Å². The zero-order valence-electron chi connectivity index (χ0n) is 12.4. The van der Waals surface area contributed by atoms with Crippen LogP contribution in [0.15, 0.2) is 36.4 Å². The predicted octanol–water partition coefficient (Wildman–Crippen LogP) is 4.52. The SMILES string of the molecule is CC(C)(C)c1ccc(CNCCc2ccccc2F)s1. The van der Waals surface area contributed by atoms with Crippen molar-refractivity contribution in [3.05, 3.63) is 57.5 Å². The second-order valence-corrected chi connectivity index (χ2v) is 7.20. The van der Waals surface area contributed by atoms with E-state index in [1.807, 2.05) is 23.5 Å². The Morgan fingerprint density at radius 1 is 1.10 bits per heavy atom. The van der Waals surface area contributed by atoms with Crippen LogP contribution in [-0.2, 0) is 18.4 Å². The maximum atomic E-state index is 13.4. The molecular weight excluding hydrogens is 269 g/mol. The van der Waals surface area contributed by atoms with Crippen LogP contribution in [0.2, 0.25) is 0 Å². The van der Waals surface area contributed by atoms with E-state index in [9.17, 15) is 4.39 Å². The third-order valence-corrected chi connectivity index (χ3v) is 4.74. The molecule has 0 atom stereocenters. The molecule has 0 amide bonds. The first-order valence-corrected chi connectivity index (χ1v) is 7.82. The smallest absolute Gasteiger partial charge is 0.126 e. The van der Waals surface area contributed by atoms with Gasteiger partial charge in [-0.1, -0.05) is 39.0 Å². The molecule has 2 rings (SSSR count). The lowest BCUT2D eigenvalue weighted by Gasteiger charge is -2.15. The Morgan fingerprint density at radius 3 is 2.50 bits per heavy atom. The minimum Gasteiger partial charge on any atom is -0.312 e. The molecule has 1 aromatic heterocycles. The van der Waals surface area contributed by atoms with Crippen LogP contribution in [0.3, 0.4) is 0 Å². The average molecular weight is 291 g/mol. The van der Waals surface area contributed by atoms with Crippen molar-refractivity contribution in [3.8, 4) is 0 Å². The van der Waals surface area contributed by atoms with Gasteiger partial charge in [-0.3, -0.25) is 0 Å². The van der Waals surface area contributed by atoms with Gasteiger partial charge in [-0.2, -0.15) is 0 Å². The van der Waals surface area contributed by atoms with Gasteiger partial charge in [0.25, 0.3) is 0 Å². The van der Waals surface area contributed by atoms with Gasteiger partial charge < -0.3 is 5.32 Å². The van der Waals surface area contributed by atoms with Crippen LogP contribution >= 0.6 is 11.3 Å². The third kappa shape index (κ3) is 4.15. The highest BCUT2D eigenvalue weighted by molar-refractivity contribution is 7.12. The van der Waals surface area contributed by atoms with Crippen molar-refractivity contribution in [2.45, 2.75) is 39.2 Å². The molecule has 0 fully saturated rings. The summed E-state index contributed by atoms with van der Waals surface area (Å²) in [4.78, 5) is 2.74. The number of thiophene rings is 1. The highest BCUT2D eigenvalue weighted by atomic mass is 32.1. The molecule has 2 aromatic rings. The molecule has 20 heavy (non-hydrogen) atoms. The van der Waals surface area contributed by atoms with Crippen LogP contribution in [0.5, 0.6) is 0 Å². The van der Waals surface area contributed by atoms with E-state index in [1.165, 1.54) is 15.8 Å². The summed E-state index contributed by atoms with van der Waals surface area (Å²) in [5, 5.41) is 3.39. The first kappa shape index (κ1) is 15.2. The monoisotopic (exact) mass is 291 g/mol. The van der Waals surface area contributed by atoms with E-state index >= 15 is 0 Å². The molecule has 0 radical (unpaired) electrons. The minimum atomic E-state index is -0.111. The van der Waals surface area contributed by atoms with E-state index in [4.69, 9.17) is 0 Å². The molecule has 0 saturated heterocycles. The van der Waals surface area contributed by atoms with Crippen molar-refractivity contribution in [1.82, 2.24) is 5.32 Å². The molecule has 1 nitrogen and oxygen atoms in total. The second kappa shape index (κ2) is 6.51. The maximum Gasteiger partial charge on any atom is 0.126 e. The Bertz CT molecular complexity index is 554. The Labute approximate surface area is 124 Å². The summed E-state index contributed by atoms with van der Waals surface area (Å²) in [5.74, 6) is -0.111. The molecule has 0 saturated carbocycles. The Balaban J connectivity index is 1.79. The molecular formula is C17H22FNS. The normalized spacial score (nSPS) is 11.8. The number of hydrogen-bond acceptors (Lipinski definition) is 2. The number of rotatable bonds is 5. The fourth-order valence-corrected chi connectivity index (χ4v) is 3.05. The van der Waals surface area contributed by atoms with Crippen LogP contribution in [0.1, 0.15) is 36.1 Å². The first-order valence-electron chi connectivity index (χ1n) is 7.00. The van der Waals surface area contributed by atoms with E-state index in [-0.39, 0.29) is 11.2 Å². The second-order valence-electron chi connectivity index (χ2n) is 6.03. The number of hydrogen-bond donors (Lipinski definition) is 1. The summed E-state index contributed by atoms with van der Waals surface area (Å²) in [7, 11) is 0. The molecule has 1 N–H and O–H groups in total. The highest BCUT2D eigenvalue weighted by Gasteiger charge is 2.15. The van der Waals surface area contributed by atoms with Crippen molar-refractivity contribution in [3.63, 3.8) is 0 Å².